The van der Waals surface area contributed by atoms with E-state index in [9.17, 15) is 10.2 Å². The zero-order valence-corrected chi connectivity index (χ0v) is 11.5. The van der Waals surface area contributed by atoms with Crippen LogP contribution in [-0.2, 0) is 0 Å². The second-order valence-electron chi connectivity index (χ2n) is 4.59. The number of ether oxygens (including phenoxy) is 1. The van der Waals surface area contributed by atoms with Crippen LogP contribution in [0.2, 0.25) is 0 Å². The van der Waals surface area contributed by atoms with Crippen LogP contribution in [0.5, 0.6) is 5.75 Å². The Bertz CT molecular complexity index is 370. The van der Waals surface area contributed by atoms with Gasteiger partial charge in [0.05, 0.1) is 13.2 Å². The number of aliphatic hydroxyl groups excluding tert-OH is 2. The third-order valence-electron chi connectivity index (χ3n) is 3.08. The molecule has 2 unspecified atom stereocenters. The Morgan fingerprint density at radius 1 is 1.22 bits per heavy atom. The largest absolute Gasteiger partial charge is 0.496 e. The van der Waals surface area contributed by atoms with Gasteiger partial charge in [0.25, 0.3) is 0 Å². The van der Waals surface area contributed by atoms with E-state index in [1.54, 1.807) is 7.11 Å². The number of aryl methyl sites for hydroxylation is 2. The van der Waals surface area contributed by atoms with E-state index in [1.165, 1.54) is 0 Å². The molecule has 0 aliphatic carbocycles. The monoisotopic (exact) mass is 253 g/mol. The van der Waals surface area contributed by atoms with Crippen molar-refractivity contribution >= 4 is 0 Å². The molecule has 1 aromatic rings. The molecule has 0 radical (unpaired) electrons. The topological polar surface area (TPSA) is 61.7 Å². The van der Waals surface area contributed by atoms with Crippen molar-refractivity contribution in [1.29, 1.82) is 0 Å². The van der Waals surface area contributed by atoms with Gasteiger partial charge < -0.3 is 20.3 Å². The number of rotatable bonds is 6. The summed E-state index contributed by atoms with van der Waals surface area (Å²) < 4.78 is 5.28. The van der Waals surface area contributed by atoms with Gasteiger partial charge in [-0.1, -0.05) is 0 Å². The second-order valence-corrected chi connectivity index (χ2v) is 4.59. The molecule has 0 amide bonds. The van der Waals surface area contributed by atoms with E-state index in [2.05, 4.69) is 5.32 Å². The third-order valence-corrected chi connectivity index (χ3v) is 3.08. The van der Waals surface area contributed by atoms with Crippen molar-refractivity contribution in [2.24, 2.45) is 0 Å². The fraction of sp³-hybridized carbons (Fsp3) is 0.571. The van der Waals surface area contributed by atoms with Crippen molar-refractivity contribution in [3.63, 3.8) is 0 Å². The highest BCUT2D eigenvalue weighted by Gasteiger charge is 2.19. The van der Waals surface area contributed by atoms with Crippen molar-refractivity contribution in [3.8, 4) is 5.75 Å². The van der Waals surface area contributed by atoms with Gasteiger partial charge in [0.15, 0.2) is 0 Å². The molecule has 0 aliphatic heterocycles. The average molecular weight is 253 g/mol. The first kappa shape index (κ1) is 15.0. The number of hydrogen-bond donors (Lipinski definition) is 3. The van der Waals surface area contributed by atoms with Gasteiger partial charge in [0.1, 0.15) is 11.9 Å². The summed E-state index contributed by atoms with van der Waals surface area (Å²) >= 11 is 0. The molecule has 4 nitrogen and oxygen atoms in total. The average Bonchev–Trinajstić information content (AvgIpc) is 2.34. The SMILES string of the molecule is CNCCC(O)C(O)c1cc(C)c(OC)c(C)c1. The molecule has 2 atom stereocenters. The molecular formula is C14H23NO3. The molecule has 0 heterocycles. The van der Waals surface area contributed by atoms with Crippen LogP contribution < -0.4 is 10.1 Å². The minimum atomic E-state index is -0.860. The molecule has 0 aliphatic rings. The van der Waals surface area contributed by atoms with Crippen LogP contribution in [0.15, 0.2) is 12.1 Å². The van der Waals surface area contributed by atoms with Gasteiger partial charge >= 0.3 is 0 Å². The predicted octanol–water partition coefficient (Wildman–Crippen LogP) is 1.32. The zero-order valence-electron chi connectivity index (χ0n) is 11.5. The summed E-state index contributed by atoms with van der Waals surface area (Å²) in [5, 5.41) is 23.0. The fourth-order valence-electron chi connectivity index (χ4n) is 2.15. The van der Waals surface area contributed by atoms with Crippen LogP contribution in [0.4, 0.5) is 0 Å². The molecule has 1 rings (SSSR count). The lowest BCUT2D eigenvalue weighted by molar-refractivity contribution is 0.0139. The molecule has 1 aromatic carbocycles. The lowest BCUT2D eigenvalue weighted by Gasteiger charge is -2.20. The van der Waals surface area contributed by atoms with Gasteiger partial charge in [-0.3, -0.25) is 0 Å². The number of hydrogen-bond acceptors (Lipinski definition) is 4. The smallest absolute Gasteiger partial charge is 0.124 e. The number of nitrogens with one attached hydrogen (secondary N) is 1. The molecule has 0 saturated heterocycles. The Kier molecular flexibility index (Phi) is 5.59. The quantitative estimate of drug-likeness (QED) is 0.715. The van der Waals surface area contributed by atoms with Gasteiger partial charge in [0, 0.05) is 0 Å². The third kappa shape index (κ3) is 3.45. The molecule has 4 heteroatoms. The van der Waals surface area contributed by atoms with E-state index in [1.807, 2.05) is 33.0 Å². The molecule has 102 valence electrons. The van der Waals surface area contributed by atoms with Gasteiger partial charge in [-0.25, -0.2) is 0 Å². The van der Waals surface area contributed by atoms with Gasteiger partial charge in [-0.2, -0.15) is 0 Å². The first-order chi connectivity index (χ1) is 8.51. The van der Waals surface area contributed by atoms with Crippen molar-refractivity contribution in [2.45, 2.75) is 32.5 Å². The van der Waals surface area contributed by atoms with E-state index in [0.717, 1.165) is 22.4 Å². The summed E-state index contributed by atoms with van der Waals surface area (Å²) in [6, 6.07) is 3.72. The highest BCUT2D eigenvalue weighted by Crippen LogP contribution is 2.28. The van der Waals surface area contributed by atoms with Crippen LogP contribution in [0, 0.1) is 13.8 Å². The molecule has 18 heavy (non-hydrogen) atoms. The Morgan fingerprint density at radius 3 is 2.22 bits per heavy atom. The maximum absolute atomic E-state index is 10.1. The molecule has 0 aromatic heterocycles. The molecule has 0 fully saturated rings. The zero-order chi connectivity index (χ0) is 13.7. The summed E-state index contributed by atoms with van der Waals surface area (Å²) in [5.41, 5.74) is 2.66. The Morgan fingerprint density at radius 2 is 1.78 bits per heavy atom. The summed E-state index contributed by atoms with van der Waals surface area (Å²) in [6.07, 6.45) is -1.10. The maximum Gasteiger partial charge on any atom is 0.124 e. The Balaban J connectivity index is 2.89. The minimum absolute atomic E-state index is 0.516. The number of benzene rings is 1. The van der Waals surface area contributed by atoms with Gasteiger partial charge in [-0.15, -0.1) is 0 Å². The predicted molar refractivity (Wildman–Crippen MR) is 72.0 cm³/mol. The molecule has 0 spiro atoms. The second kappa shape index (κ2) is 6.73. The first-order valence-electron chi connectivity index (χ1n) is 6.17. The van der Waals surface area contributed by atoms with E-state index >= 15 is 0 Å². The number of aliphatic hydroxyl groups is 2. The first-order valence-corrected chi connectivity index (χ1v) is 6.17. The van der Waals surface area contributed by atoms with E-state index in [-0.39, 0.29) is 0 Å². The maximum atomic E-state index is 10.1. The highest BCUT2D eigenvalue weighted by molar-refractivity contribution is 5.44. The Hall–Kier alpha value is -1.10. The van der Waals surface area contributed by atoms with Crippen LogP contribution in [0.1, 0.15) is 29.2 Å². The van der Waals surface area contributed by atoms with Crippen LogP contribution in [0.25, 0.3) is 0 Å². The highest BCUT2D eigenvalue weighted by atomic mass is 16.5. The van der Waals surface area contributed by atoms with Crippen LogP contribution in [0.3, 0.4) is 0 Å². The fourth-order valence-corrected chi connectivity index (χ4v) is 2.15. The van der Waals surface area contributed by atoms with Crippen LogP contribution in [-0.4, -0.2) is 37.0 Å². The van der Waals surface area contributed by atoms with E-state index in [0.29, 0.717) is 13.0 Å². The van der Waals surface area contributed by atoms with Crippen molar-refractivity contribution in [3.05, 3.63) is 28.8 Å². The van der Waals surface area contributed by atoms with E-state index < -0.39 is 12.2 Å². The Labute approximate surface area is 109 Å². The lowest BCUT2D eigenvalue weighted by Crippen LogP contribution is -2.23. The standard InChI is InChI=1S/C14H23NO3/c1-9-7-11(8-10(2)14(9)18-4)13(17)12(16)5-6-15-3/h7-8,12-13,15-17H,5-6H2,1-4H3. The molecule has 0 saturated carbocycles. The number of methoxy groups -OCH3 is 1. The van der Waals surface area contributed by atoms with Crippen molar-refractivity contribution in [1.82, 2.24) is 5.32 Å². The molecule has 0 bridgehead atoms. The minimum Gasteiger partial charge on any atom is -0.496 e. The van der Waals surface area contributed by atoms with Crippen LogP contribution >= 0.6 is 0 Å². The summed E-state index contributed by atoms with van der Waals surface area (Å²) in [6.45, 7) is 4.54. The van der Waals surface area contributed by atoms with E-state index in [4.69, 9.17) is 4.74 Å². The molecular weight excluding hydrogens is 230 g/mol. The van der Waals surface area contributed by atoms with Crippen molar-refractivity contribution in [2.75, 3.05) is 20.7 Å². The summed E-state index contributed by atoms with van der Waals surface area (Å²) in [5.74, 6) is 0.829. The van der Waals surface area contributed by atoms with Gasteiger partial charge in [-0.05, 0) is 62.7 Å². The van der Waals surface area contributed by atoms with Gasteiger partial charge in [0.2, 0.25) is 0 Å². The summed E-state index contributed by atoms with van der Waals surface area (Å²) in [4.78, 5) is 0. The lowest BCUT2D eigenvalue weighted by atomic mass is 9.97. The normalized spacial score (nSPS) is 14.3. The van der Waals surface area contributed by atoms with Crippen molar-refractivity contribution < 1.29 is 14.9 Å². The summed E-state index contributed by atoms with van der Waals surface area (Å²) in [7, 11) is 3.45. The molecule has 3 N–H and O–H groups in total.